The molecule has 0 fully saturated rings. The molecule has 108 valence electrons. The molecule has 0 amide bonds. The third-order valence-corrected chi connectivity index (χ3v) is 2.08. The van der Waals surface area contributed by atoms with Crippen molar-refractivity contribution < 1.29 is 52.5 Å². The summed E-state index contributed by atoms with van der Waals surface area (Å²) in [7, 11) is 0. The van der Waals surface area contributed by atoms with Gasteiger partial charge >= 0.3 is 40.9 Å². The lowest BCUT2D eigenvalue weighted by atomic mass is 10.0. The first kappa shape index (κ1) is 17.2. The largest absolute Gasteiger partial charge is 0.600 e. The lowest BCUT2D eigenvalue weighted by molar-refractivity contribution is -0.412. The lowest BCUT2D eigenvalue weighted by Gasteiger charge is -2.32. The molecule has 0 aliphatic rings. The molecular formula is C5F11OS+. The van der Waals surface area contributed by atoms with E-state index in [1.54, 1.807) is 0 Å². The van der Waals surface area contributed by atoms with Crippen LogP contribution in [0, 0.1) is 0 Å². The molecule has 0 rings (SSSR count). The van der Waals surface area contributed by atoms with Gasteiger partial charge < -0.3 is 0 Å². The highest BCUT2D eigenvalue weighted by Crippen LogP contribution is 2.57. The van der Waals surface area contributed by atoms with Crippen LogP contribution in [0.2, 0.25) is 0 Å². The molecule has 0 saturated carbocycles. The Bertz CT molecular complexity index is 331. The predicted molar refractivity (Wildman–Crippen MR) is 33.9 cm³/mol. The molecule has 0 radical (unpaired) electrons. The predicted octanol–water partition coefficient (Wildman–Crippen LogP) is 3.48. The summed E-state index contributed by atoms with van der Waals surface area (Å²) in [5.41, 5.74) is 0. The van der Waals surface area contributed by atoms with Gasteiger partial charge in [0.1, 0.15) is 0 Å². The molecule has 0 unspecified atom stereocenters. The molecule has 0 atom stereocenters. The van der Waals surface area contributed by atoms with Gasteiger partial charge in [0.25, 0.3) is 0 Å². The molecule has 0 aliphatic carbocycles. The van der Waals surface area contributed by atoms with Gasteiger partial charge in [0.05, 0.1) is 0 Å². The zero-order valence-electron chi connectivity index (χ0n) is 7.47. The fourth-order valence-electron chi connectivity index (χ4n) is 0.610. The van der Waals surface area contributed by atoms with E-state index in [1.807, 2.05) is 0 Å². The van der Waals surface area contributed by atoms with Crippen molar-refractivity contribution in [1.82, 2.24) is 0 Å². The van der Waals surface area contributed by atoms with Crippen molar-refractivity contribution in [2.45, 2.75) is 29.2 Å². The van der Waals surface area contributed by atoms with Crippen molar-refractivity contribution in [3.63, 3.8) is 0 Å². The zero-order valence-corrected chi connectivity index (χ0v) is 8.29. The molecule has 0 aliphatic heterocycles. The summed E-state index contributed by atoms with van der Waals surface area (Å²) >= 11 is -2.53. The van der Waals surface area contributed by atoms with E-state index in [0.29, 0.717) is 0 Å². The molecular weight excluding hydrogens is 317 g/mol. The van der Waals surface area contributed by atoms with Gasteiger partial charge in [-0.25, -0.2) is 0 Å². The molecule has 18 heavy (non-hydrogen) atoms. The van der Waals surface area contributed by atoms with Crippen LogP contribution in [-0.4, -0.2) is 29.2 Å². The van der Waals surface area contributed by atoms with E-state index in [2.05, 4.69) is 0 Å². The van der Waals surface area contributed by atoms with Crippen LogP contribution in [0.4, 0.5) is 48.3 Å². The summed E-state index contributed by atoms with van der Waals surface area (Å²) in [4.78, 5) is 0. The first-order valence-electron chi connectivity index (χ1n) is 3.45. The van der Waals surface area contributed by atoms with Crippen LogP contribution in [0.5, 0.6) is 0 Å². The maximum absolute atomic E-state index is 12.3. The van der Waals surface area contributed by atoms with Gasteiger partial charge in [0.2, 0.25) is 0 Å². The molecule has 1 nitrogen and oxygen atoms in total. The van der Waals surface area contributed by atoms with Crippen LogP contribution in [0.3, 0.4) is 0 Å². The Labute approximate surface area is 94.4 Å². The normalized spacial score (nSPS) is 15.7. The van der Waals surface area contributed by atoms with E-state index in [1.165, 1.54) is 0 Å². The summed E-state index contributed by atoms with van der Waals surface area (Å²) < 4.78 is 141. The monoisotopic (exact) mass is 317 g/mol. The average Bonchev–Trinajstić information content (AvgIpc) is 2.15. The highest BCUT2D eigenvalue weighted by atomic mass is 32.1. The maximum atomic E-state index is 12.3. The smallest absolute Gasteiger partial charge is 0.192 e. The van der Waals surface area contributed by atoms with E-state index >= 15 is 0 Å². The quantitative estimate of drug-likeness (QED) is 0.573. The third-order valence-electron chi connectivity index (χ3n) is 1.61. The molecule has 0 heterocycles. The van der Waals surface area contributed by atoms with Crippen LogP contribution < -0.4 is 0 Å². The average molecular weight is 317 g/mol. The summed E-state index contributed by atoms with van der Waals surface area (Å²) in [6, 6.07) is 0. The molecule has 0 bridgehead atoms. The molecule has 0 N–H and O–H groups in total. The van der Waals surface area contributed by atoms with Crippen LogP contribution in [-0.2, 0) is 15.9 Å². The van der Waals surface area contributed by atoms with Gasteiger partial charge in [0, 0.05) is 4.21 Å². The van der Waals surface area contributed by atoms with Gasteiger partial charge in [-0.1, -0.05) is 0 Å². The van der Waals surface area contributed by atoms with Crippen LogP contribution in [0.25, 0.3) is 0 Å². The summed E-state index contributed by atoms with van der Waals surface area (Å²) in [6.07, 6.45) is -7.20. The Morgan fingerprint density at radius 2 is 0.889 bits per heavy atom. The molecule has 0 aromatic heterocycles. The number of halogens is 11. The van der Waals surface area contributed by atoms with E-state index in [-0.39, 0.29) is 0 Å². The fourth-order valence-corrected chi connectivity index (χ4v) is 0.843. The Morgan fingerprint density at radius 3 is 1.11 bits per heavy atom. The van der Waals surface area contributed by atoms with Gasteiger partial charge in [-0.05, 0) is 0 Å². The van der Waals surface area contributed by atoms with E-state index in [4.69, 9.17) is 0 Å². The fraction of sp³-hybridized carbons (Fsp3) is 1.00. The topological polar surface area (TPSA) is 17.1 Å². The molecule has 0 aromatic carbocycles. The minimum absolute atomic E-state index is 2.53. The lowest BCUT2D eigenvalue weighted by Crippen LogP contribution is -2.66. The summed E-state index contributed by atoms with van der Waals surface area (Å²) in [5.74, 6) is -22.1. The van der Waals surface area contributed by atoms with Crippen LogP contribution in [0.15, 0.2) is 0 Å². The first-order chi connectivity index (χ1) is 7.56. The van der Waals surface area contributed by atoms with E-state index in [0.717, 1.165) is 0 Å². The van der Waals surface area contributed by atoms with Gasteiger partial charge in [-0.2, -0.15) is 39.5 Å². The minimum Gasteiger partial charge on any atom is -0.192 e. The van der Waals surface area contributed by atoms with Crippen molar-refractivity contribution in [3.8, 4) is 0 Å². The van der Waals surface area contributed by atoms with Gasteiger partial charge in [-0.3, -0.25) is 0 Å². The van der Waals surface area contributed by atoms with Crippen LogP contribution >= 0.6 is 0 Å². The number of alkyl halides is 11. The Balaban J connectivity index is 5.87. The first-order valence-corrected chi connectivity index (χ1v) is 4.19. The molecule has 0 spiro atoms. The van der Waals surface area contributed by atoms with Gasteiger partial charge in [-0.15, -0.1) is 8.78 Å². The van der Waals surface area contributed by atoms with Crippen molar-refractivity contribution in [2.24, 2.45) is 0 Å². The Hall–Kier alpha value is -0.750. The molecule has 0 saturated heterocycles. The summed E-state index contributed by atoms with van der Waals surface area (Å²) in [6.45, 7) is 0. The number of rotatable bonds is 4. The second-order valence-electron chi connectivity index (χ2n) is 2.82. The minimum atomic E-state index is -7.50. The SMILES string of the molecule is O=[S+]C(F)(F)C(F)(F)C(F)(F)C(F)(F)C(F)(F)F. The number of hydrogen-bond donors (Lipinski definition) is 0. The van der Waals surface area contributed by atoms with Gasteiger partial charge in [0.15, 0.2) is 0 Å². The standard InChI is InChI=1S/C5F11OS/c6-1(7,2(8,9)4(12,13)14)3(10,11)5(15,16)18-17/q+1. The van der Waals surface area contributed by atoms with Crippen molar-refractivity contribution in [3.05, 3.63) is 0 Å². The highest BCUT2D eigenvalue weighted by molar-refractivity contribution is 7.66. The van der Waals surface area contributed by atoms with E-state index < -0.39 is 40.9 Å². The number of hydrogen-bond acceptors (Lipinski definition) is 1. The summed E-state index contributed by atoms with van der Waals surface area (Å²) in [5, 5.41) is -6.36. The Morgan fingerprint density at radius 1 is 0.556 bits per heavy atom. The maximum Gasteiger partial charge on any atom is 0.600 e. The van der Waals surface area contributed by atoms with Crippen molar-refractivity contribution in [1.29, 1.82) is 0 Å². The second-order valence-corrected chi connectivity index (χ2v) is 3.50. The molecule has 0 aromatic rings. The third kappa shape index (κ3) is 2.12. The zero-order chi connectivity index (χ0) is 15.2. The molecule has 13 heteroatoms. The van der Waals surface area contributed by atoms with Crippen molar-refractivity contribution in [2.75, 3.05) is 0 Å². The second kappa shape index (κ2) is 4.13. The van der Waals surface area contributed by atoms with E-state index in [9.17, 15) is 52.5 Å². The highest BCUT2D eigenvalue weighted by Gasteiger charge is 2.92. The van der Waals surface area contributed by atoms with Crippen molar-refractivity contribution >= 4 is 11.7 Å². The Kier molecular flexibility index (Phi) is 3.96. The van der Waals surface area contributed by atoms with Crippen LogP contribution in [0.1, 0.15) is 0 Å².